The Morgan fingerprint density at radius 1 is 1.07 bits per heavy atom. The molecule has 0 aromatic rings. The zero-order valence-electron chi connectivity index (χ0n) is 8.78. The Morgan fingerprint density at radius 2 is 1.71 bits per heavy atom. The van der Waals surface area contributed by atoms with Gasteiger partial charge in [-0.3, -0.25) is 4.55 Å². The van der Waals surface area contributed by atoms with Crippen LogP contribution in [-0.2, 0) is 10.1 Å². The number of hydrogen-bond donors (Lipinski definition) is 1. The highest BCUT2D eigenvalue weighted by Gasteiger charge is 2.02. The molecule has 0 aromatic heterocycles. The number of rotatable bonds is 8. The molecule has 0 atom stereocenters. The molecule has 14 heavy (non-hydrogen) atoms. The molecule has 84 valence electrons. The van der Waals surface area contributed by atoms with Crippen LogP contribution in [0.3, 0.4) is 0 Å². The average molecular weight is 220 g/mol. The molecule has 0 radical (unpaired) electrons. The molecule has 0 fully saturated rings. The highest BCUT2D eigenvalue weighted by molar-refractivity contribution is 7.85. The molecule has 0 bridgehead atoms. The summed E-state index contributed by atoms with van der Waals surface area (Å²) in [5, 5.41) is 0. The van der Waals surface area contributed by atoms with E-state index in [0.29, 0.717) is 6.42 Å². The molecule has 0 unspecified atom stereocenters. The lowest BCUT2D eigenvalue weighted by atomic mass is 10.1. The van der Waals surface area contributed by atoms with Gasteiger partial charge in [-0.2, -0.15) is 8.42 Å². The van der Waals surface area contributed by atoms with Crippen molar-refractivity contribution >= 4 is 10.1 Å². The highest BCUT2D eigenvalue weighted by atomic mass is 32.2. The fraction of sp³-hybridized carbons (Fsp3) is 0.800. The summed E-state index contributed by atoms with van der Waals surface area (Å²) in [5.41, 5.74) is 0. The number of hydrogen-bond acceptors (Lipinski definition) is 2. The first-order valence-electron chi connectivity index (χ1n) is 5.16. The first-order chi connectivity index (χ1) is 6.56. The largest absolute Gasteiger partial charge is 0.286 e. The van der Waals surface area contributed by atoms with Crippen molar-refractivity contribution in [2.75, 3.05) is 5.75 Å². The lowest BCUT2D eigenvalue weighted by Gasteiger charge is -1.97. The Morgan fingerprint density at radius 3 is 2.29 bits per heavy atom. The van der Waals surface area contributed by atoms with Gasteiger partial charge in [-0.05, 0) is 25.7 Å². The maximum absolute atomic E-state index is 10.3. The molecule has 0 rings (SSSR count). The first kappa shape index (κ1) is 13.7. The zero-order valence-corrected chi connectivity index (χ0v) is 9.59. The predicted octanol–water partition coefficient (Wildman–Crippen LogP) is 2.79. The molecule has 0 saturated heterocycles. The van der Waals surface area contributed by atoms with Crippen molar-refractivity contribution in [3.8, 4) is 0 Å². The average Bonchev–Trinajstić information content (AvgIpc) is 2.08. The minimum absolute atomic E-state index is 0.0994. The van der Waals surface area contributed by atoms with Crippen molar-refractivity contribution in [3.05, 3.63) is 12.2 Å². The molecule has 0 saturated carbocycles. The van der Waals surface area contributed by atoms with Crippen LogP contribution < -0.4 is 0 Å². The van der Waals surface area contributed by atoms with E-state index in [1.807, 2.05) is 0 Å². The Labute approximate surface area is 87.0 Å². The fourth-order valence-electron chi connectivity index (χ4n) is 1.18. The van der Waals surface area contributed by atoms with E-state index in [4.69, 9.17) is 4.55 Å². The topological polar surface area (TPSA) is 54.4 Å². The van der Waals surface area contributed by atoms with E-state index in [-0.39, 0.29) is 5.75 Å². The molecule has 0 amide bonds. The quantitative estimate of drug-likeness (QED) is 0.389. The Hall–Kier alpha value is -0.350. The van der Waals surface area contributed by atoms with Gasteiger partial charge in [-0.15, -0.1) is 0 Å². The minimum Gasteiger partial charge on any atom is -0.286 e. The van der Waals surface area contributed by atoms with Gasteiger partial charge in [-0.25, -0.2) is 0 Å². The van der Waals surface area contributed by atoms with Crippen LogP contribution in [0, 0.1) is 0 Å². The normalized spacial score (nSPS) is 12.4. The van der Waals surface area contributed by atoms with Gasteiger partial charge in [-0.1, -0.05) is 31.9 Å². The monoisotopic (exact) mass is 220 g/mol. The fourth-order valence-corrected chi connectivity index (χ4v) is 1.75. The van der Waals surface area contributed by atoms with Gasteiger partial charge in [0.25, 0.3) is 10.1 Å². The zero-order chi connectivity index (χ0) is 10.9. The molecule has 4 heteroatoms. The molecule has 0 heterocycles. The van der Waals surface area contributed by atoms with Gasteiger partial charge in [0.15, 0.2) is 0 Å². The number of unbranched alkanes of at least 4 members (excludes halogenated alkanes) is 4. The van der Waals surface area contributed by atoms with Gasteiger partial charge >= 0.3 is 0 Å². The van der Waals surface area contributed by atoms with E-state index in [2.05, 4.69) is 19.1 Å². The van der Waals surface area contributed by atoms with Gasteiger partial charge in [0.1, 0.15) is 0 Å². The third kappa shape index (κ3) is 11.6. The van der Waals surface area contributed by atoms with Crippen LogP contribution in [0.15, 0.2) is 12.2 Å². The molecule has 0 aliphatic rings. The van der Waals surface area contributed by atoms with Crippen molar-refractivity contribution in [1.29, 1.82) is 0 Å². The van der Waals surface area contributed by atoms with Crippen LogP contribution in [0.2, 0.25) is 0 Å². The van der Waals surface area contributed by atoms with Gasteiger partial charge in [0.2, 0.25) is 0 Å². The second kappa shape index (κ2) is 8.00. The summed E-state index contributed by atoms with van der Waals surface area (Å²) in [6.07, 6.45) is 10.0. The maximum Gasteiger partial charge on any atom is 0.264 e. The van der Waals surface area contributed by atoms with Crippen molar-refractivity contribution < 1.29 is 13.0 Å². The van der Waals surface area contributed by atoms with E-state index in [0.717, 1.165) is 32.1 Å². The van der Waals surface area contributed by atoms with Crippen LogP contribution >= 0.6 is 0 Å². The number of allylic oxidation sites excluding steroid dienone is 2. The summed E-state index contributed by atoms with van der Waals surface area (Å²) in [6.45, 7) is 2.10. The van der Waals surface area contributed by atoms with Crippen LogP contribution in [0.1, 0.15) is 45.4 Å². The van der Waals surface area contributed by atoms with Crippen LogP contribution in [0.4, 0.5) is 0 Å². The third-order valence-corrected chi connectivity index (χ3v) is 2.73. The van der Waals surface area contributed by atoms with Gasteiger partial charge in [0.05, 0.1) is 5.75 Å². The van der Waals surface area contributed by atoms with E-state index < -0.39 is 10.1 Å². The lowest BCUT2D eigenvalue weighted by Crippen LogP contribution is -2.03. The van der Waals surface area contributed by atoms with Crippen LogP contribution in [-0.4, -0.2) is 18.7 Å². The summed E-state index contributed by atoms with van der Waals surface area (Å²) in [5.74, 6) is -0.0994. The predicted molar refractivity (Wildman–Crippen MR) is 58.9 cm³/mol. The molecular weight excluding hydrogens is 200 g/mol. The standard InChI is InChI=1S/C10H20O3S/c1-2-3-4-5-6-7-8-9-10-14(11,12)13/h3-4H,2,5-10H2,1H3,(H,11,12,13). The highest BCUT2D eigenvalue weighted by Crippen LogP contribution is 2.05. The summed E-state index contributed by atoms with van der Waals surface area (Å²) < 4.78 is 29.2. The van der Waals surface area contributed by atoms with E-state index in [1.165, 1.54) is 0 Å². The molecule has 3 nitrogen and oxygen atoms in total. The Kier molecular flexibility index (Phi) is 7.80. The van der Waals surface area contributed by atoms with Crippen molar-refractivity contribution in [2.45, 2.75) is 45.4 Å². The molecule has 0 aliphatic carbocycles. The Balaban J connectivity index is 3.19. The summed E-state index contributed by atoms with van der Waals surface area (Å²) in [7, 11) is -3.74. The lowest BCUT2D eigenvalue weighted by molar-refractivity contribution is 0.479. The Bertz CT molecular complexity index is 242. The second-order valence-electron chi connectivity index (χ2n) is 3.37. The summed E-state index contributed by atoms with van der Waals surface area (Å²) in [6, 6.07) is 0. The van der Waals surface area contributed by atoms with Gasteiger partial charge in [0, 0.05) is 0 Å². The molecule has 0 aliphatic heterocycles. The van der Waals surface area contributed by atoms with E-state index in [9.17, 15) is 8.42 Å². The smallest absolute Gasteiger partial charge is 0.264 e. The van der Waals surface area contributed by atoms with Crippen molar-refractivity contribution in [3.63, 3.8) is 0 Å². The molecule has 1 N–H and O–H groups in total. The third-order valence-electron chi connectivity index (χ3n) is 1.93. The van der Waals surface area contributed by atoms with Crippen molar-refractivity contribution in [2.24, 2.45) is 0 Å². The SMILES string of the molecule is CCC=CCCCCCCS(=O)(=O)O. The summed E-state index contributed by atoms with van der Waals surface area (Å²) in [4.78, 5) is 0. The minimum atomic E-state index is -3.74. The maximum atomic E-state index is 10.3. The van der Waals surface area contributed by atoms with E-state index in [1.54, 1.807) is 0 Å². The van der Waals surface area contributed by atoms with Crippen LogP contribution in [0.25, 0.3) is 0 Å². The molecule has 0 spiro atoms. The van der Waals surface area contributed by atoms with Gasteiger partial charge < -0.3 is 0 Å². The summed E-state index contributed by atoms with van der Waals surface area (Å²) >= 11 is 0. The molecule has 0 aromatic carbocycles. The van der Waals surface area contributed by atoms with Crippen LogP contribution in [0.5, 0.6) is 0 Å². The molecular formula is C10H20O3S. The van der Waals surface area contributed by atoms with E-state index >= 15 is 0 Å². The van der Waals surface area contributed by atoms with Crippen molar-refractivity contribution in [1.82, 2.24) is 0 Å². The first-order valence-corrected chi connectivity index (χ1v) is 6.77. The second-order valence-corrected chi connectivity index (χ2v) is 4.94.